The first-order valence-corrected chi connectivity index (χ1v) is 6.48. The Labute approximate surface area is 123 Å². The van der Waals surface area contributed by atoms with E-state index in [4.69, 9.17) is 15.7 Å². The number of carbonyl (C=O) groups is 1. The van der Waals surface area contributed by atoms with Crippen molar-refractivity contribution in [3.63, 3.8) is 0 Å². The molecule has 0 unspecified atom stereocenters. The van der Waals surface area contributed by atoms with Crippen LogP contribution in [-0.4, -0.2) is 12.6 Å². The number of esters is 1. The van der Waals surface area contributed by atoms with Gasteiger partial charge in [0.2, 0.25) is 0 Å². The molecule has 0 aliphatic carbocycles. The fraction of sp³-hybridized carbons (Fsp3) is 0.125. The minimum Gasteiger partial charge on any atom is -0.462 e. The van der Waals surface area contributed by atoms with Crippen LogP contribution in [-0.2, 0) is 4.74 Å². The van der Waals surface area contributed by atoms with Gasteiger partial charge in [-0.05, 0) is 43.3 Å². The van der Waals surface area contributed by atoms with Crippen LogP contribution in [0.1, 0.15) is 22.8 Å². The van der Waals surface area contributed by atoms with Gasteiger partial charge in [-0.1, -0.05) is 6.07 Å². The lowest BCUT2D eigenvalue weighted by molar-refractivity contribution is 0.0526. The van der Waals surface area contributed by atoms with Gasteiger partial charge >= 0.3 is 5.97 Å². The van der Waals surface area contributed by atoms with E-state index in [9.17, 15) is 4.79 Å². The van der Waals surface area contributed by atoms with Crippen molar-refractivity contribution in [1.29, 1.82) is 5.26 Å². The molecular weight excluding hydrogens is 266 g/mol. The Balaban J connectivity index is 2.21. The lowest BCUT2D eigenvalue weighted by Crippen LogP contribution is -2.06. The number of benzene rings is 2. The molecule has 0 aliphatic heterocycles. The van der Waals surface area contributed by atoms with E-state index in [1.165, 1.54) is 0 Å². The maximum atomic E-state index is 11.6. The van der Waals surface area contributed by atoms with Crippen molar-refractivity contribution < 1.29 is 9.53 Å². The normalized spacial score (nSPS) is 9.71. The van der Waals surface area contributed by atoms with Gasteiger partial charge in [-0.15, -0.1) is 0 Å². The van der Waals surface area contributed by atoms with Crippen LogP contribution in [0.15, 0.2) is 42.5 Å². The van der Waals surface area contributed by atoms with Crippen molar-refractivity contribution in [3.05, 3.63) is 53.6 Å². The van der Waals surface area contributed by atoms with Crippen LogP contribution in [0.5, 0.6) is 0 Å². The second kappa shape index (κ2) is 6.44. The van der Waals surface area contributed by atoms with Crippen LogP contribution in [0.3, 0.4) is 0 Å². The van der Waals surface area contributed by atoms with Gasteiger partial charge in [0.25, 0.3) is 0 Å². The van der Waals surface area contributed by atoms with Gasteiger partial charge in [-0.2, -0.15) is 5.26 Å². The number of rotatable bonds is 4. The van der Waals surface area contributed by atoms with Crippen molar-refractivity contribution in [3.8, 4) is 6.07 Å². The fourth-order valence-corrected chi connectivity index (χ4v) is 1.84. The third-order valence-electron chi connectivity index (χ3n) is 2.83. The third kappa shape index (κ3) is 3.51. The number of nitrogens with one attached hydrogen (secondary N) is 1. The Bertz CT molecular complexity index is 705. The van der Waals surface area contributed by atoms with E-state index < -0.39 is 5.97 Å². The molecule has 0 radical (unpaired) electrons. The Hall–Kier alpha value is -3.00. The summed E-state index contributed by atoms with van der Waals surface area (Å²) in [6, 6.07) is 14.0. The van der Waals surface area contributed by atoms with Gasteiger partial charge in [0.15, 0.2) is 0 Å². The van der Waals surface area contributed by atoms with Crippen molar-refractivity contribution in [2.45, 2.75) is 6.92 Å². The topological polar surface area (TPSA) is 88.1 Å². The number of nitrogens with two attached hydrogens (primary N) is 1. The molecule has 21 heavy (non-hydrogen) atoms. The van der Waals surface area contributed by atoms with Crippen LogP contribution in [0.25, 0.3) is 0 Å². The summed E-state index contributed by atoms with van der Waals surface area (Å²) in [4.78, 5) is 11.6. The largest absolute Gasteiger partial charge is 0.462 e. The molecule has 0 amide bonds. The smallest absolute Gasteiger partial charge is 0.338 e. The van der Waals surface area contributed by atoms with Gasteiger partial charge in [-0.3, -0.25) is 0 Å². The number of anilines is 3. The second-order valence-corrected chi connectivity index (χ2v) is 4.34. The molecule has 106 valence electrons. The zero-order valence-electron chi connectivity index (χ0n) is 11.6. The highest BCUT2D eigenvalue weighted by molar-refractivity contribution is 5.92. The lowest BCUT2D eigenvalue weighted by atomic mass is 10.1. The first-order valence-electron chi connectivity index (χ1n) is 6.48. The van der Waals surface area contributed by atoms with Crippen molar-refractivity contribution in [1.82, 2.24) is 0 Å². The SMILES string of the molecule is CCOC(=O)c1ccc(Nc2cccc(C#N)c2)c(N)c1. The minimum atomic E-state index is -0.401. The van der Waals surface area contributed by atoms with Crippen LogP contribution < -0.4 is 11.1 Å². The Kier molecular flexibility index (Phi) is 4.42. The van der Waals surface area contributed by atoms with E-state index in [1.807, 2.05) is 6.07 Å². The number of hydrogen-bond acceptors (Lipinski definition) is 5. The molecule has 0 spiro atoms. The first-order chi connectivity index (χ1) is 10.1. The summed E-state index contributed by atoms with van der Waals surface area (Å²) in [7, 11) is 0. The average Bonchev–Trinajstić information content (AvgIpc) is 2.49. The maximum absolute atomic E-state index is 11.6. The number of hydrogen-bond donors (Lipinski definition) is 2. The molecular formula is C16H15N3O2. The molecule has 5 heteroatoms. The van der Waals surface area contributed by atoms with Crippen LogP contribution in [0, 0.1) is 11.3 Å². The second-order valence-electron chi connectivity index (χ2n) is 4.34. The highest BCUT2D eigenvalue weighted by Crippen LogP contribution is 2.25. The summed E-state index contributed by atoms with van der Waals surface area (Å²) in [6.07, 6.45) is 0. The van der Waals surface area contributed by atoms with E-state index in [1.54, 1.807) is 43.3 Å². The van der Waals surface area contributed by atoms with Gasteiger partial charge in [-0.25, -0.2) is 4.79 Å². The minimum absolute atomic E-state index is 0.319. The van der Waals surface area contributed by atoms with E-state index in [0.717, 1.165) is 5.69 Å². The Morgan fingerprint density at radius 1 is 1.33 bits per heavy atom. The molecule has 0 heterocycles. The summed E-state index contributed by atoms with van der Waals surface area (Å²) in [5.41, 5.74) is 8.76. The molecule has 5 nitrogen and oxygen atoms in total. The summed E-state index contributed by atoms with van der Waals surface area (Å²) in [5, 5.41) is 12.0. The Morgan fingerprint density at radius 3 is 2.81 bits per heavy atom. The molecule has 2 aromatic carbocycles. The monoisotopic (exact) mass is 281 g/mol. The summed E-state index contributed by atoms with van der Waals surface area (Å²) < 4.78 is 4.92. The number of nitrogen functional groups attached to an aromatic ring is 1. The molecule has 3 N–H and O–H groups in total. The van der Waals surface area contributed by atoms with Gasteiger partial charge in [0, 0.05) is 5.69 Å². The Morgan fingerprint density at radius 2 is 2.14 bits per heavy atom. The standard InChI is InChI=1S/C16H15N3O2/c1-2-21-16(20)12-6-7-15(14(18)9-12)19-13-5-3-4-11(8-13)10-17/h3-9,19H,2,18H2,1H3. The first kappa shape index (κ1) is 14.4. The number of ether oxygens (including phenoxy) is 1. The van der Waals surface area contributed by atoms with Crippen molar-refractivity contribution >= 4 is 23.0 Å². The molecule has 2 rings (SSSR count). The fourth-order valence-electron chi connectivity index (χ4n) is 1.84. The zero-order valence-corrected chi connectivity index (χ0v) is 11.6. The van der Waals surface area contributed by atoms with Crippen LogP contribution >= 0.6 is 0 Å². The van der Waals surface area contributed by atoms with Crippen LogP contribution in [0.4, 0.5) is 17.1 Å². The van der Waals surface area contributed by atoms with Crippen molar-refractivity contribution in [2.75, 3.05) is 17.7 Å². The summed E-state index contributed by atoms with van der Waals surface area (Å²) in [5.74, 6) is -0.401. The number of nitrogens with zero attached hydrogens (tertiary/aromatic N) is 1. The van der Waals surface area contributed by atoms with E-state index in [2.05, 4.69) is 11.4 Å². The predicted octanol–water partition coefficient (Wildman–Crippen LogP) is 3.06. The molecule has 0 aromatic heterocycles. The molecule has 0 fully saturated rings. The highest BCUT2D eigenvalue weighted by Gasteiger charge is 2.09. The third-order valence-corrected chi connectivity index (χ3v) is 2.83. The molecule has 0 atom stereocenters. The molecule has 2 aromatic rings. The van der Waals surface area contributed by atoms with Gasteiger partial charge in [0.1, 0.15) is 0 Å². The molecule has 0 aliphatic rings. The summed E-state index contributed by atoms with van der Waals surface area (Å²) >= 11 is 0. The molecule has 0 saturated heterocycles. The van der Waals surface area contributed by atoms with E-state index >= 15 is 0 Å². The van der Waals surface area contributed by atoms with E-state index in [0.29, 0.717) is 29.1 Å². The maximum Gasteiger partial charge on any atom is 0.338 e. The quantitative estimate of drug-likeness (QED) is 0.664. The predicted molar refractivity (Wildman–Crippen MR) is 81.3 cm³/mol. The van der Waals surface area contributed by atoms with Gasteiger partial charge < -0.3 is 15.8 Å². The lowest BCUT2D eigenvalue weighted by Gasteiger charge is -2.11. The highest BCUT2D eigenvalue weighted by atomic mass is 16.5. The molecule has 0 saturated carbocycles. The number of carbonyl (C=O) groups excluding carboxylic acids is 1. The zero-order chi connectivity index (χ0) is 15.2. The van der Waals surface area contributed by atoms with Crippen LogP contribution in [0.2, 0.25) is 0 Å². The summed E-state index contributed by atoms with van der Waals surface area (Å²) in [6.45, 7) is 2.07. The van der Waals surface area contributed by atoms with E-state index in [-0.39, 0.29) is 0 Å². The number of nitriles is 1. The van der Waals surface area contributed by atoms with Gasteiger partial charge in [0.05, 0.1) is 35.2 Å². The molecule has 0 bridgehead atoms. The average molecular weight is 281 g/mol. The van der Waals surface area contributed by atoms with Crippen molar-refractivity contribution in [2.24, 2.45) is 0 Å².